The molecule has 2 amide bonds. The van der Waals surface area contributed by atoms with Crippen LogP contribution >= 0.6 is 0 Å². The molecule has 0 bridgehead atoms. The van der Waals surface area contributed by atoms with Crippen LogP contribution in [0.3, 0.4) is 0 Å². The van der Waals surface area contributed by atoms with Crippen LogP contribution < -0.4 is 10.1 Å². The quantitative estimate of drug-likeness (QED) is 0.914. The lowest BCUT2D eigenvalue weighted by Gasteiger charge is -2.06. The van der Waals surface area contributed by atoms with Gasteiger partial charge in [0, 0.05) is 0 Å². The smallest absolute Gasteiger partial charge is 0.410 e. The van der Waals surface area contributed by atoms with Gasteiger partial charge in [0.05, 0.1) is 5.56 Å². The van der Waals surface area contributed by atoms with Crippen molar-refractivity contribution >= 4 is 12.0 Å². The normalized spacial score (nSPS) is 9.90. The lowest BCUT2D eigenvalue weighted by Crippen LogP contribution is -2.33. The van der Waals surface area contributed by atoms with Crippen LogP contribution in [-0.4, -0.2) is 12.0 Å². The number of carbonyl (C=O) groups is 2. The highest BCUT2D eigenvalue weighted by Gasteiger charge is 2.15. The summed E-state index contributed by atoms with van der Waals surface area (Å²) in [6.07, 6.45) is -0.956. The Morgan fingerprint density at radius 2 is 1.70 bits per heavy atom. The van der Waals surface area contributed by atoms with Crippen molar-refractivity contribution < 1.29 is 18.7 Å². The van der Waals surface area contributed by atoms with Crippen LogP contribution in [0.1, 0.15) is 15.9 Å². The number of aryl methyl sites for hydroxylation is 1. The van der Waals surface area contributed by atoms with Gasteiger partial charge in [-0.15, -0.1) is 0 Å². The van der Waals surface area contributed by atoms with E-state index in [1.54, 1.807) is 24.3 Å². The van der Waals surface area contributed by atoms with Gasteiger partial charge in [-0.05, 0) is 31.2 Å². The molecule has 0 saturated heterocycles. The molecule has 0 aromatic heterocycles. The van der Waals surface area contributed by atoms with Crippen molar-refractivity contribution in [2.45, 2.75) is 6.92 Å². The zero-order chi connectivity index (χ0) is 14.5. The molecule has 0 saturated carbocycles. The first-order valence-electron chi connectivity index (χ1n) is 5.90. The molecule has 0 aliphatic carbocycles. The number of carbonyl (C=O) groups excluding carboxylic acids is 2. The first-order chi connectivity index (χ1) is 9.56. The summed E-state index contributed by atoms with van der Waals surface area (Å²) in [6.45, 7) is 1.89. The van der Waals surface area contributed by atoms with E-state index in [-0.39, 0.29) is 5.56 Å². The van der Waals surface area contributed by atoms with Crippen LogP contribution in [0, 0.1) is 12.7 Å². The van der Waals surface area contributed by atoms with Gasteiger partial charge in [0.1, 0.15) is 11.6 Å². The van der Waals surface area contributed by atoms with Crippen molar-refractivity contribution in [1.82, 2.24) is 5.32 Å². The first kappa shape index (κ1) is 13.7. The minimum Gasteiger partial charge on any atom is -0.410 e. The van der Waals surface area contributed by atoms with Crippen molar-refractivity contribution in [1.29, 1.82) is 0 Å². The second kappa shape index (κ2) is 5.97. The third-order valence-corrected chi connectivity index (χ3v) is 2.57. The number of benzene rings is 2. The topological polar surface area (TPSA) is 55.4 Å². The van der Waals surface area contributed by atoms with E-state index in [9.17, 15) is 14.0 Å². The van der Waals surface area contributed by atoms with Crippen LogP contribution in [0.5, 0.6) is 5.75 Å². The maximum absolute atomic E-state index is 13.3. The molecule has 20 heavy (non-hydrogen) atoms. The van der Waals surface area contributed by atoms with Crippen molar-refractivity contribution in [3.05, 3.63) is 65.5 Å². The number of rotatable bonds is 2. The third kappa shape index (κ3) is 3.41. The number of halogens is 1. The molecule has 0 radical (unpaired) electrons. The van der Waals surface area contributed by atoms with Gasteiger partial charge >= 0.3 is 6.09 Å². The monoisotopic (exact) mass is 273 g/mol. The van der Waals surface area contributed by atoms with Gasteiger partial charge in [0.15, 0.2) is 0 Å². The fourth-order valence-electron chi connectivity index (χ4n) is 1.54. The minimum absolute atomic E-state index is 0.214. The lowest BCUT2D eigenvalue weighted by atomic mass is 10.2. The summed E-state index contributed by atoms with van der Waals surface area (Å²) in [4.78, 5) is 23.2. The SMILES string of the molecule is Cc1ccc(OC(=O)NC(=O)c2ccccc2F)cc1. The fourth-order valence-corrected chi connectivity index (χ4v) is 1.54. The molecule has 0 heterocycles. The Balaban J connectivity index is 2.00. The highest BCUT2D eigenvalue weighted by atomic mass is 19.1. The molecule has 0 spiro atoms. The van der Waals surface area contributed by atoms with Gasteiger partial charge in [0.2, 0.25) is 0 Å². The predicted octanol–water partition coefficient (Wildman–Crippen LogP) is 3.06. The van der Waals surface area contributed by atoms with Crippen molar-refractivity contribution in [2.24, 2.45) is 0 Å². The zero-order valence-electron chi connectivity index (χ0n) is 10.7. The summed E-state index contributed by atoms with van der Waals surface area (Å²) in [6, 6.07) is 12.1. The van der Waals surface area contributed by atoms with E-state index in [1.165, 1.54) is 18.2 Å². The van der Waals surface area contributed by atoms with Gasteiger partial charge in [-0.3, -0.25) is 10.1 Å². The largest absolute Gasteiger partial charge is 0.419 e. The molecule has 4 nitrogen and oxygen atoms in total. The van der Waals surface area contributed by atoms with Crippen molar-refractivity contribution in [3.8, 4) is 5.75 Å². The third-order valence-electron chi connectivity index (χ3n) is 2.57. The summed E-state index contributed by atoms with van der Waals surface area (Å²) in [5.74, 6) is -1.25. The van der Waals surface area contributed by atoms with E-state index < -0.39 is 17.8 Å². The maximum atomic E-state index is 13.3. The van der Waals surface area contributed by atoms with Gasteiger partial charge in [0.25, 0.3) is 5.91 Å². The molecule has 2 rings (SSSR count). The number of hydrogen-bond donors (Lipinski definition) is 1. The lowest BCUT2D eigenvalue weighted by molar-refractivity contribution is 0.0947. The maximum Gasteiger partial charge on any atom is 0.419 e. The van der Waals surface area contributed by atoms with Crippen LogP contribution in [0.4, 0.5) is 9.18 Å². The Kier molecular flexibility index (Phi) is 4.10. The summed E-state index contributed by atoms with van der Waals surface area (Å²) >= 11 is 0. The number of amides is 2. The van der Waals surface area contributed by atoms with Crippen LogP contribution in [-0.2, 0) is 0 Å². The van der Waals surface area contributed by atoms with E-state index in [0.717, 1.165) is 11.6 Å². The molecule has 0 fully saturated rings. The highest BCUT2D eigenvalue weighted by Crippen LogP contribution is 2.12. The van der Waals surface area contributed by atoms with Crippen molar-refractivity contribution in [2.75, 3.05) is 0 Å². The Morgan fingerprint density at radius 3 is 2.35 bits per heavy atom. The van der Waals surface area contributed by atoms with Crippen LogP contribution in [0.25, 0.3) is 0 Å². The first-order valence-corrected chi connectivity index (χ1v) is 5.90. The molecular formula is C15H12FNO3. The number of imide groups is 1. The van der Waals surface area contributed by atoms with Gasteiger partial charge in [-0.2, -0.15) is 0 Å². The molecule has 0 aliphatic rings. The van der Waals surface area contributed by atoms with Crippen molar-refractivity contribution in [3.63, 3.8) is 0 Å². The molecule has 0 aliphatic heterocycles. The second-order valence-corrected chi connectivity index (χ2v) is 4.14. The number of ether oxygens (including phenoxy) is 1. The molecule has 0 atom stereocenters. The number of nitrogens with one attached hydrogen (secondary N) is 1. The van der Waals surface area contributed by atoms with E-state index in [0.29, 0.717) is 5.75 Å². The minimum atomic E-state index is -0.956. The second-order valence-electron chi connectivity index (χ2n) is 4.14. The fraction of sp³-hybridized carbons (Fsp3) is 0.0667. The Hall–Kier alpha value is -2.69. The average molecular weight is 273 g/mol. The summed E-state index contributed by atoms with van der Waals surface area (Å²) < 4.78 is 18.3. The van der Waals surface area contributed by atoms with Crippen LogP contribution in [0.2, 0.25) is 0 Å². The van der Waals surface area contributed by atoms with Gasteiger partial charge < -0.3 is 4.74 Å². The molecule has 2 aromatic rings. The molecule has 1 N–H and O–H groups in total. The Morgan fingerprint density at radius 1 is 1.05 bits per heavy atom. The molecule has 0 unspecified atom stereocenters. The zero-order valence-corrected chi connectivity index (χ0v) is 10.7. The highest BCUT2D eigenvalue weighted by molar-refractivity contribution is 6.03. The molecular weight excluding hydrogens is 261 g/mol. The average Bonchev–Trinajstić information content (AvgIpc) is 2.41. The Labute approximate surface area is 115 Å². The summed E-state index contributed by atoms with van der Waals surface area (Å²) in [5, 5.41) is 1.96. The molecule has 5 heteroatoms. The Bertz CT molecular complexity index is 638. The van der Waals surface area contributed by atoms with Gasteiger partial charge in [-0.1, -0.05) is 29.8 Å². The van der Waals surface area contributed by atoms with E-state index >= 15 is 0 Å². The van der Waals surface area contributed by atoms with E-state index in [1.807, 2.05) is 12.2 Å². The molecule has 2 aromatic carbocycles. The number of hydrogen-bond acceptors (Lipinski definition) is 3. The standard InChI is InChI=1S/C15H12FNO3/c1-10-6-8-11(9-7-10)20-15(19)17-14(18)12-4-2-3-5-13(12)16/h2-9H,1H3,(H,17,18,19). The predicted molar refractivity (Wildman–Crippen MR) is 71.1 cm³/mol. The van der Waals surface area contributed by atoms with Gasteiger partial charge in [-0.25, -0.2) is 9.18 Å². The summed E-state index contributed by atoms with van der Waals surface area (Å²) in [7, 11) is 0. The van der Waals surface area contributed by atoms with E-state index in [4.69, 9.17) is 4.74 Å². The van der Waals surface area contributed by atoms with Crippen LogP contribution in [0.15, 0.2) is 48.5 Å². The summed E-state index contributed by atoms with van der Waals surface area (Å²) in [5.41, 5.74) is 0.800. The van der Waals surface area contributed by atoms with E-state index in [2.05, 4.69) is 0 Å². The molecule has 102 valence electrons.